The molecule has 1 unspecified atom stereocenters. The molecule has 4 heteroatoms. The van der Waals surface area contributed by atoms with Gasteiger partial charge in [0.1, 0.15) is 5.75 Å². The molecule has 1 aromatic rings. The van der Waals surface area contributed by atoms with E-state index in [0.717, 1.165) is 18.0 Å². The van der Waals surface area contributed by atoms with Crippen LogP contribution in [0.3, 0.4) is 0 Å². The summed E-state index contributed by atoms with van der Waals surface area (Å²) in [5.74, 6) is 2.05. The van der Waals surface area contributed by atoms with Gasteiger partial charge < -0.3 is 15.0 Å². The van der Waals surface area contributed by atoms with E-state index in [2.05, 4.69) is 43.4 Å². The molecule has 0 saturated carbocycles. The van der Waals surface area contributed by atoms with Crippen molar-refractivity contribution in [2.75, 3.05) is 40.6 Å². The average Bonchev–Trinajstić information content (AvgIpc) is 2.37. The largest absolute Gasteiger partial charge is 0.496 e. The summed E-state index contributed by atoms with van der Waals surface area (Å²) in [7, 11) is 7.91. The van der Waals surface area contributed by atoms with E-state index >= 15 is 0 Å². The first kappa shape index (κ1) is 15.3. The van der Waals surface area contributed by atoms with Gasteiger partial charge in [0.05, 0.1) is 7.11 Å². The van der Waals surface area contributed by atoms with Crippen molar-refractivity contribution in [2.24, 2.45) is 0 Å². The summed E-state index contributed by atoms with van der Waals surface area (Å²) in [6.07, 6.45) is 0. The molecule has 1 aromatic carbocycles. The van der Waals surface area contributed by atoms with Gasteiger partial charge in [0, 0.05) is 28.8 Å². The third-order valence-electron chi connectivity index (χ3n) is 2.91. The highest BCUT2D eigenvalue weighted by atomic mass is 32.2. The molecule has 1 atom stereocenters. The molecule has 0 aliphatic rings. The zero-order chi connectivity index (χ0) is 13.5. The van der Waals surface area contributed by atoms with Crippen LogP contribution >= 0.6 is 11.8 Å². The monoisotopic (exact) mass is 268 g/mol. The molecular weight excluding hydrogens is 244 g/mol. The number of nitrogens with one attached hydrogen (secondary N) is 1. The minimum atomic E-state index is 0.294. The van der Waals surface area contributed by atoms with Crippen molar-refractivity contribution in [3.05, 3.63) is 23.8 Å². The van der Waals surface area contributed by atoms with Crippen molar-refractivity contribution < 1.29 is 4.74 Å². The highest BCUT2D eigenvalue weighted by Gasteiger charge is 2.14. The Morgan fingerprint density at radius 2 is 2.11 bits per heavy atom. The Bertz CT molecular complexity index is 369. The number of ether oxygens (including phenoxy) is 1. The summed E-state index contributed by atoms with van der Waals surface area (Å²) in [6.45, 7) is 3.24. The summed E-state index contributed by atoms with van der Waals surface area (Å²) >= 11 is 1.89. The first-order chi connectivity index (χ1) is 8.60. The summed E-state index contributed by atoms with van der Waals surface area (Å²) in [5.41, 5.74) is 1.26. The van der Waals surface area contributed by atoms with Crippen molar-refractivity contribution in [1.29, 1.82) is 0 Å². The maximum atomic E-state index is 5.47. The van der Waals surface area contributed by atoms with E-state index in [0.29, 0.717) is 6.04 Å². The van der Waals surface area contributed by atoms with Gasteiger partial charge in [0.15, 0.2) is 0 Å². The minimum absolute atomic E-state index is 0.294. The number of methoxy groups -OCH3 is 1. The summed E-state index contributed by atoms with van der Waals surface area (Å²) in [6, 6.07) is 6.55. The number of benzene rings is 1. The highest BCUT2D eigenvalue weighted by Crippen LogP contribution is 2.34. The van der Waals surface area contributed by atoms with E-state index in [9.17, 15) is 0 Å². The lowest BCUT2D eigenvalue weighted by Gasteiger charge is -2.19. The zero-order valence-corrected chi connectivity index (χ0v) is 12.8. The molecule has 0 spiro atoms. The Morgan fingerprint density at radius 1 is 1.39 bits per heavy atom. The second-order valence-electron chi connectivity index (χ2n) is 4.53. The molecule has 0 aromatic heterocycles. The lowest BCUT2D eigenvalue weighted by Crippen LogP contribution is -2.16. The topological polar surface area (TPSA) is 24.5 Å². The fourth-order valence-electron chi connectivity index (χ4n) is 1.74. The second-order valence-corrected chi connectivity index (χ2v) is 5.67. The van der Waals surface area contributed by atoms with Gasteiger partial charge in [0.2, 0.25) is 0 Å². The zero-order valence-electron chi connectivity index (χ0n) is 12.0. The van der Waals surface area contributed by atoms with Gasteiger partial charge in [-0.15, -0.1) is 11.8 Å². The van der Waals surface area contributed by atoms with E-state index in [-0.39, 0.29) is 0 Å². The van der Waals surface area contributed by atoms with E-state index in [1.54, 1.807) is 7.11 Å². The SMILES string of the molecule is CNC(C)c1c(OC)cccc1SCCN(C)C. The summed E-state index contributed by atoms with van der Waals surface area (Å²) < 4.78 is 5.47. The van der Waals surface area contributed by atoms with Crippen LogP contribution in [0.2, 0.25) is 0 Å². The Labute approximate surface area is 115 Å². The van der Waals surface area contributed by atoms with E-state index in [4.69, 9.17) is 4.74 Å². The lowest BCUT2D eigenvalue weighted by atomic mass is 10.1. The molecule has 0 amide bonds. The molecule has 0 aliphatic heterocycles. The fraction of sp³-hybridized carbons (Fsp3) is 0.571. The van der Waals surface area contributed by atoms with Crippen LogP contribution in [-0.2, 0) is 0 Å². The Kier molecular flexibility index (Phi) is 6.54. The van der Waals surface area contributed by atoms with Crippen LogP contribution in [0.25, 0.3) is 0 Å². The van der Waals surface area contributed by atoms with Crippen LogP contribution in [0.4, 0.5) is 0 Å². The van der Waals surface area contributed by atoms with Crippen LogP contribution in [0.5, 0.6) is 5.75 Å². The molecule has 0 bridgehead atoms. The van der Waals surface area contributed by atoms with Gasteiger partial charge in [-0.1, -0.05) is 6.07 Å². The van der Waals surface area contributed by atoms with Crippen LogP contribution in [0, 0.1) is 0 Å². The highest BCUT2D eigenvalue weighted by molar-refractivity contribution is 7.99. The second kappa shape index (κ2) is 7.67. The molecular formula is C14H24N2OS. The quantitative estimate of drug-likeness (QED) is 0.768. The third kappa shape index (κ3) is 4.19. The van der Waals surface area contributed by atoms with E-state index < -0.39 is 0 Å². The maximum absolute atomic E-state index is 5.47. The van der Waals surface area contributed by atoms with E-state index in [1.165, 1.54) is 10.5 Å². The van der Waals surface area contributed by atoms with E-state index in [1.807, 2.05) is 24.9 Å². The molecule has 0 fully saturated rings. The molecule has 3 nitrogen and oxygen atoms in total. The standard InChI is InChI=1S/C14H24N2OS/c1-11(15-2)14-12(17-5)7-6-8-13(14)18-10-9-16(3)4/h6-8,11,15H,9-10H2,1-5H3. The fourth-order valence-corrected chi connectivity index (χ4v) is 3.02. The van der Waals surface area contributed by atoms with Crippen LogP contribution in [0.15, 0.2) is 23.1 Å². The van der Waals surface area contributed by atoms with Crippen molar-refractivity contribution in [2.45, 2.75) is 17.9 Å². The van der Waals surface area contributed by atoms with Crippen LogP contribution < -0.4 is 10.1 Å². The third-order valence-corrected chi connectivity index (χ3v) is 3.96. The predicted molar refractivity (Wildman–Crippen MR) is 79.7 cm³/mol. The minimum Gasteiger partial charge on any atom is -0.496 e. The smallest absolute Gasteiger partial charge is 0.124 e. The lowest BCUT2D eigenvalue weighted by molar-refractivity contribution is 0.401. The number of nitrogens with zero attached hydrogens (tertiary/aromatic N) is 1. The normalized spacial score (nSPS) is 12.8. The molecule has 1 N–H and O–H groups in total. The molecule has 102 valence electrons. The summed E-state index contributed by atoms with van der Waals surface area (Å²) in [5, 5.41) is 3.29. The molecule has 0 radical (unpaired) electrons. The van der Waals surface area contributed by atoms with Crippen molar-refractivity contribution in [3.8, 4) is 5.75 Å². The first-order valence-electron chi connectivity index (χ1n) is 6.21. The summed E-state index contributed by atoms with van der Waals surface area (Å²) in [4.78, 5) is 3.51. The van der Waals surface area contributed by atoms with Gasteiger partial charge in [0.25, 0.3) is 0 Å². The van der Waals surface area contributed by atoms with Crippen LogP contribution in [-0.4, -0.2) is 45.5 Å². The van der Waals surface area contributed by atoms with Gasteiger partial charge >= 0.3 is 0 Å². The van der Waals surface area contributed by atoms with Gasteiger partial charge in [-0.3, -0.25) is 0 Å². The number of rotatable bonds is 7. The molecule has 18 heavy (non-hydrogen) atoms. The number of thioether (sulfide) groups is 1. The van der Waals surface area contributed by atoms with Crippen molar-refractivity contribution >= 4 is 11.8 Å². The van der Waals surface area contributed by atoms with Crippen molar-refractivity contribution in [3.63, 3.8) is 0 Å². The Balaban J connectivity index is 2.88. The number of hydrogen-bond acceptors (Lipinski definition) is 4. The van der Waals surface area contributed by atoms with Gasteiger partial charge in [-0.05, 0) is 40.2 Å². The van der Waals surface area contributed by atoms with Crippen LogP contribution in [0.1, 0.15) is 18.5 Å². The first-order valence-corrected chi connectivity index (χ1v) is 7.20. The molecule has 0 heterocycles. The molecule has 1 rings (SSSR count). The Morgan fingerprint density at radius 3 is 2.67 bits per heavy atom. The molecule has 0 saturated heterocycles. The number of hydrogen-bond donors (Lipinski definition) is 1. The van der Waals surface area contributed by atoms with Gasteiger partial charge in [-0.25, -0.2) is 0 Å². The predicted octanol–water partition coefficient (Wildman–Crippen LogP) is 2.63. The maximum Gasteiger partial charge on any atom is 0.124 e. The van der Waals surface area contributed by atoms with Crippen molar-refractivity contribution in [1.82, 2.24) is 10.2 Å². The Hall–Kier alpha value is -0.710. The average molecular weight is 268 g/mol. The molecule has 0 aliphatic carbocycles. The van der Waals surface area contributed by atoms with Gasteiger partial charge in [-0.2, -0.15) is 0 Å².